The van der Waals surface area contributed by atoms with Gasteiger partial charge in [-0.05, 0) is 17.7 Å². The molecular formula is C10H9Cl2F3O2. The predicted molar refractivity (Wildman–Crippen MR) is 58.4 cm³/mol. The minimum atomic E-state index is -4.94. The molecule has 1 aromatic rings. The van der Waals surface area contributed by atoms with Gasteiger partial charge in [0.15, 0.2) is 0 Å². The fraction of sp³-hybridized carbons (Fsp3) is 0.400. The molecule has 0 aromatic heterocycles. The second kappa shape index (κ2) is 4.92. The molecule has 17 heavy (non-hydrogen) atoms. The smallest absolute Gasteiger partial charge is 0.424 e. The number of benzene rings is 1. The molecule has 0 amide bonds. The van der Waals surface area contributed by atoms with Crippen LogP contribution in [0.2, 0.25) is 0 Å². The maximum absolute atomic E-state index is 12.5. The number of hydrogen-bond acceptors (Lipinski definition) is 2. The van der Waals surface area contributed by atoms with E-state index in [1.54, 1.807) is 0 Å². The molecule has 0 aliphatic rings. The SMILES string of the molecule is COc1ccc(C(O)C(Cl)(Cl)C(F)(F)F)cc1. The molecule has 0 saturated heterocycles. The number of hydrogen-bond donors (Lipinski definition) is 1. The quantitative estimate of drug-likeness (QED) is 0.863. The van der Waals surface area contributed by atoms with Crippen molar-refractivity contribution in [3.8, 4) is 5.75 Å². The van der Waals surface area contributed by atoms with Crippen LogP contribution in [0.15, 0.2) is 24.3 Å². The van der Waals surface area contributed by atoms with Gasteiger partial charge in [-0.15, -0.1) is 0 Å². The Morgan fingerprint density at radius 3 is 2.00 bits per heavy atom. The zero-order valence-corrected chi connectivity index (χ0v) is 10.1. The molecule has 0 aliphatic carbocycles. The van der Waals surface area contributed by atoms with Gasteiger partial charge in [-0.1, -0.05) is 35.3 Å². The summed E-state index contributed by atoms with van der Waals surface area (Å²) in [6.45, 7) is 0. The van der Waals surface area contributed by atoms with Crippen molar-refractivity contribution in [3.63, 3.8) is 0 Å². The largest absolute Gasteiger partial charge is 0.497 e. The van der Waals surface area contributed by atoms with Gasteiger partial charge in [0, 0.05) is 0 Å². The lowest BCUT2D eigenvalue weighted by Crippen LogP contribution is -2.40. The number of methoxy groups -OCH3 is 1. The minimum Gasteiger partial charge on any atom is -0.497 e. The Balaban J connectivity index is 2.99. The van der Waals surface area contributed by atoms with E-state index in [1.807, 2.05) is 0 Å². The lowest BCUT2D eigenvalue weighted by molar-refractivity contribution is -0.162. The summed E-state index contributed by atoms with van der Waals surface area (Å²) < 4.78 is 39.0. The van der Waals surface area contributed by atoms with Gasteiger partial charge in [0.2, 0.25) is 4.33 Å². The molecule has 7 heteroatoms. The van der Waals surface area contributed by atoms with Crippen LogP contribution in [0.1, 0.15) is 11.7 Å². The van der Waals surface area contributed by atoms with Crippen LogP contribution in [-0.2, 0) is 0 Å². The molecule has 0 saturated carbocycles. The third kappa shape index (κ3) is 2.97. The summed E-state index contributed by atoms with van der Waals surface area (Å²) in [5.74, 6) is 0.447. The van der Waals surface area contributed by atoms with Crippen molar-refractivity contribution in [1.82, 2.24) is 0 Å². The first-order chi connectivity index (χ1) is 7.70. The van der Waals surface area contributed by atoms with Gasteiger partial charge in [-0.25, -0.2) is 0 Å². The first-order valence-corrected chi connectivity index (χ1v) is 5.22. The number of halogens is 5. The number of aliphatic hydroxyl groups excluding tert-OH is 1. The maximum atomic E-state index is 12.5. The second-order valence-corrected chi connectivity index (χ2v) is 4.68. The van der Waals surface area contributed by atoms with E-state index in [0.717, 1.165) is 0 Å². The van der Waals surface area contributed by atoms with E-state index in [1.165, 1.54) is 31.4 Å². The van der Waals surface area contributed by atoms with Crippen molar-refractivity contribution in [2.24, 2.45) is 0 Å². The molecule has 1 aromatic carbocycles. The highest BCUT2D eigenvalue weighted by atomic mass is 35.5. The lowest BCUT2D eigenvalue weighted by Gasteiger charge is -2.28. The van der Waals surface area contributed by atoms with Crippen LogP contribution in [0.25, 0.3) is 0 Å². The van der Waals surface area contributed by atoms with Crippen LogP contribution in [0.3, 0.4) is 0 Å². The molecule has 0 radical (unpaired) electrons. The Bertz CT molecular complexity index is 376. The van der Waals surface area contributed by atoms with Gasteiger partial charge < -0.3 is 9.84 Å². The Morgan fingerprint density at radius 1 is 1.18 bits per heavy atom. The summed E-state index contributed by atoms with van der Waals surface area (Å²) in [4.78, 5) is 0. The van der Waals surface area contributed by atoms with Crippen molar-refractivity contribution in [2.45, 2.75) is 16.6 Å². The molecule has 0 fully saturated rings. The van der Waals surface area contributed by atoms with Crippen LogP contribution in [-0.4, -0.2) is 22.7 Å². The van der Waals surface area contributed by atoms with Crippen molar-refractivity contribution in [3.05, 3.63) is 29.8 Å². The molecule has 0 bridgehead atoms. The summed E-state index contributed by atoms with van der Waals surface area (Å²) in [5.41, 5.74) is -0.0480. The van der Waals surface area contributed by atoms with Gasteiger partial charge in [-0.2, -0.15) is 13.2 Å². The number of alkyl halides is 5. The first kappa shape index (κ1) is 14.4. The maximum Gasteiger partial charge on any atom is 0.424 e. The van der Waals surface area contributed by atoms with E-state index in [9.17, 15) is 18.3 Å². The van der Waals surface area contributed by atoms with E-state index < -0.39 is 16.6 Å². The number of rotatable bonds is 3. The minimum absolute atomic E-state index is 0.0480. The highest BCUT2D eigenvalue weighted by Crippen LogP contribution is 2.48. The average Bonchev–Trinajstić information content (AvgIpc) is 2.26. The van der Waals surface area contributed by atoms with Crippen LogP contribution in [0.4, 0.5) is 13.2 Å². The Morgan fingerprint density at radius 2 is 1.65 bits per heavy atom. The van der Waals surface area contributed by atoms with E-state index in [2.05, 4.69) is 0 Å². The van der Waals surface area contributed by atoms with Crippen molar-refractivity contribution in [1.29, 1.82) is 0 Å². The summed E-state index contributed by atoms with van der Waals surface area (Å²) in [6, 6.07) is 5.32. The zero-order chi connectivity index (χ0) is 13.3. The first-order valence-electron chi connectivity index (χ1n) is 4.46. The van der Waals surface area contributed by atoms with Crippen LogP contribution >= 0.6 is 23.2 Å². The van der Waals surface area contributed by atoms with E-state index >= 15 is 0 Å². The van der Waals surface area contributed by atoms with Gasteiger partial charge in [-0.3, -0.25) is 0 Å². The third-order valence-electron chi connectivity index (χ3n) is 2.15. The Labute approximate surface area is 106 Å². The summed E-state index contributed by atoms with van der Waals surface area (Å²) >= 11 is 10.3. The number of aliphatic hydroxyl groups is 1. The fourth-order valence-electron chi connectivity index (χ4n) is 1.15. The van der Waals surface area contributed by atoms with Crippen LogP contribution < -0.4 is 4.74 Å². The molecule has 96 valence electrons. The average molecular weight is 289 g/mol. The van der Waals surface area contributed by atoms with Gasteiger partial charge in [0.25, 0.3) is 0 Å². The molecule has 1 N–H and O–H groups in total. The highest BCUT2D eigenvalue weighted by Gasteiger charge is 2.57. The molecule has 1 unspecified atom stereocenters. The summed E-state index contributed by atoms with van der Waals surface area (Å²) in [5, 5.41) is 9.52. The van der Waals surface area contributed by atoms with Crippen LogP contribution in [0, 0.1) is 0 Å². The van der Waals surface area contributed by atoms with E-state index in [0.29, 0.717) is 5.75 Å². The highest BCUT2D eigenvalue weighted by molar-refractivity contribution is 6.49. The summed E-state index contributed by atoms with van der Waals surface area (Å²) in [7, 11) is 1.41. The fourth-order valence-corrected chi connectivity index (χ4v) is 1.40. The van der Waals surface area contributed by atoms with Crippen molar-refractivity contribution in [2.75, 3.05) is 7.11 Å². The molecule has 1 atom stereocenters. The normalized spacial score (nSPS) is 14.5. The summed E-state index contributed by atoms with van der Waals surface area (Å²) in [6.07, 6.45) is -7.01. The lowest BCUT2D eigenvalue weighted by atomic mass is 10.1. The molecule has 0 spiro atoms. The molecule has 1 rings (SSSR count). The molecule has 0 heterocycles. The Kier molecular flexibility index (Phi) is 4.17. The molecular weight excluding hydrogens is 280 g/mol. The number of ether oxygens (including phenoxy) is 1. The van der Waals surface area contributed by atoms with Crippen molar-refractivity contribution >= 4 is 23.2 Å². The second-order valence-electron chi connectivity index (χ2n) is 3.30. The Hall–Kier alpha value is -0.650. The van der Waals surface area contributed by atoms with Gasteiger partial charge in [0.05, 0.1) is 7.11 Å². The third-order valence-corrected chi connectivity index (χ3v) is 2.99. The topological polar surface area (TPSA) is 29.5 Å². The molecule has 0 aliphatic heterocycles. The van der Waals surface area contributed by atoms with E-state index in [4.69, 9.17) is 27.9 Å². The molecule has 2 nitrogen and oxygen atoms in total. The van der Waals surface area contributed by atoms with Gasteiger partial charge >= 0.3 is 6.18 Å². The zero-order valence-electron chi connectivity index (χ0n) is 8.63. The van der Waals surface area contributed by atoms with E-state index in [-0.39, 0.29) is 5.56 Å². The van der Waals surface area contributed by atoms with Gasteiger partial charge in [0.1, 0.15) is 11.9 Å². The monoisotopic (exact) mass is 288 g/mol. The van der Waals surface area contributed by atoms with Crippen LogP contribution in [0.5, 0.6) is 5.75 Å². The predicted octanol–water partition coefficient (Wildman–Crippen LogP) is 3.46. The standard InChI is InChI=1S/C10H9Cl2F3O2/c1-17-7-4-2-6(3-5-7)8(16)9(11,12)10(13,14)15/h2-5,8,16H,1H3. The van der Waals surface area contributed by atoms with Crippen molar-refractivity contribution < 1.29 is 23.0 Å².